The Bertz CT molecular complexity index is 434. The molecule has 1 aromatic heterocycles. The van der Waals surface area contributed by atoms with E-state index >= 15 is 0 Å². The van der Waals surface area contributed by atoms with E-state index in [-0.39, 0.29) is 13.3 Å². The highest BCUT2D eigenvalue weighted by Crippen LogP contribution is 2.25. The van der Waals surface area contributed by atoms with Crippen LogP contribution in [0.2, 0.25) is 0 Å². The third-order valence-electron chi connectivity index (χ3n) is 3.44. The lowest BCUT2D eigenvalue weighted by atomic mass is 9.89. The molecule has 1 aliphatic carbocycles. The van der Waals surface area contributed by atoms with Gasteiger partial charge in [-0.2, -0.15) is 0 Å². The van der Waals surface area contributed by atoms with Gasteiger partial charge in [-0.3, -0.25) is 0 Å². The van der Waals surface area contributed by atoms with Crippen molar-refractivity contribution in [1.82, 2.24) is 10.3 Å². The van der Waals surface area contributed by atoms with Gasteiger partial charge in [0.1, 0.15) is 11.9 Å². The number of carbonyl (C=O) groups excluding carboxylic acids is 1. The second-order valence-corrected chi connectivity index (χ2v) is 5.17. The molecule has 4 nitrogen and oxygen atoms in total. The van der Waals surface area contributed by atoms with Crippen molar-refractivity contribution in [2.24, 2.45) is 0 Å². The van der Waals surface area contributed by atoms with Gasteiger partial charge in [0, 0.05) is 26.2 Å². The van der Waals surface area contributed by atoms with E-state index in [9.17, 15) is 4.79 Å². The third kappa shape index (κ3) is 4.31. The van der Waals surface area contributed by atoms with Crippen LogP contribution in [0.4, 0.5) is 0 Å². The predicted octanol–water partition coefficient (Wildman–Crippen LogP) is 2.37. The molecule has 0 saturated heterocycles. The number of Topliss-reactive ketones (excluding diaryl/α,β-unsaturated/α-hetero) is 1. The molecule has 1 heterocycles. The SMILES string of the molecule is CCNC1CC(Oc2cc(CCC(C)=O)ccn2)C1.[HH]. The molecule has 1 N–H and O–H groups in total. The fourth-order valence-electron chi connectivity index (χ4n) is 2.28. The number of pyridine rings is 1. The average molecular weight is 264 g/mol. The van der Waals surface area contributed by atoms with Gasteiger partial charge in [0.25, 0.3) is 0 Å². The summed E-state index contributed by atoms with van der Waals surface area (Å²) in [5, 5.41) is 3.40. The number of nitrogens with one attached hydrogen (secondary N) is 1. The van der Waals surface area contributed by atoms with Gasteiger partial charge in [0.05, 0.1) is 0 Å². The van der Waals surface area contributed by atoms with Gasteiger partial charge in [-0.25, -0.2) is 4.98 Å². The van der Waals surface area contributed by atoms with Crippen molar-refractivity contribution in [1.29, 1.82) is 0 Å². The van der Waals surface area contributed by atoms with E-state index in [1.807, 2.05) is 12.1 Å². The Kier molecular flexibility index (Phi) is 4.91. The fourth-order valence-corrected chi connectivity index (χ4v) is 2.28. The molecule has 1 aromatic rings. The van der Waals surface area contributed by atoms with Gasteiger partial charge in [-0.1, -0.05) is 6.92 Å². The highest BCUT2D eigenvalue weighted by Gasteiger charge is 2.30. The second-order valence-electron chi connectivity index (χ2n) is 5.17. The Hall–Kier alpha value is -1.42. The molecule has 4 heteroatoms. The van der Waals surface area contributed by atoms with Crippen LogP contribution in [0.5, 0.6) is 5.88 Å². The summed E-state index contributed by atoms with van der Waals surface area (Å²) in [5.74, 6) is 0.896. The van der Waals surface area contributed by atoms with Crippen molar-refractivity contribution in [3.63, 3.8) is 0 Å². The summed E-state index contributed by atoms with van der Waals surface area (Å²) in [7, 11) is 0. The zero-order valence-electron chi connectivity index (χ0n) is 11.7. The number of rotatable bonds is 7. The average Bonchev–Trinajstić information content (AvgIpc) is 2.34. The lowest BCUT2D eigenvalue weighted by molar-refractivity contribution is -0.116. The van der Waals surface area contributed by atoms with Crippen molar-refractivity contribution >= 4 is 5.78 Å². The maximum Gasteiger partial charge on any atom is 0.213 e. The monoisotopic (exact) mass is 264 g/mol. The molecule has 1 saturated carbocycles. The van der Waals surface area contributed by atoms with Crippen LogP contribution in [0, 0.1) is 0 Å². The van der Waals surface area contributed by atoms with E-state index in [1.165, 1.54) is 0 Å². The molecule has 19 heavy (non-hydrogen) atoms. The summed E-state index contributed by atoms with van der Waals surface area (Å²) in [5.41, 5.74) is 1.11. The lowest BCUT2D eigenvalue weighted by Crippen LogP contribution is -2.46. The highest BCUT2D eigenvalue weighted by molar-refractivity contribution is 5.75. The summed E-state index contributed by atoms with van der Waals surface area (Å²) < 4.78 is 5.84. The van der Waals surface area contributed by atoms with Crippen molar-refractivity contribution < 1.29 is 11.0 Å². The first-order chi connectivity index (χ1) is 9.17. The molecule has 0 bridgehead atoms. The molecule has 106 valence electrons. The van der Waals surface area contributed by atoms with E-state index < -0.39 is 0 Å². The largest absolute Gasteiger partial charge is 0.474 e. The van der Waals surface area contributed by atoms with Gasteiger partial charge in [0.15, 0.2) is 0 Å². The van der Waals surface area contributed by atoms with Crippen LogP contribution < -0.4 is 10.1 Å². The Balaban J connectivity index is 0.00000200. The molecule has 0 unspecified atom stereocenters. The highest BCUT2D eigenvalue weighted by atomic mass is 16.5. The first-order valence-electron chi connectivity index (χ1n) is 7.01. The van der Waals surface area contributed by atoms with Gasteiger partial charge in [-0.05, 0) is 44.4 Å². The summed E-state index contributed by atoms with van der Waals surface area (Å²) in [6.45, 7) is 4.75. The lowest BCUT2D eigenvalue weighted by Gasteiger charge is -2.35. The van der Waals surface area contributed by atoms with Crippen molar-refractivity contribution in [2.75, 3.05) is 6.54 Å². The Labute approximate surface area is 116 Å². The van der Waals surface area contributed by atoms with Crippen molar-refractivity contribution in [2.45, 2.75) is 51.7 Å². The van der Waals surface area contributed by atoms with Crippen LogP contribution in [0.1, 0.15) is 40.1 Å². The summed E-state index contributed by atoms with van der Waals surface area (Å²) in [6.07, 6.45) is 5.47. The third-order valence-corrected chi connectivity index (χ3v) is 3.44. The zero-order chi connectivity index (χ0) is 13.7. The maximum absolute atomic E-state index is 11.0. The number of ether oxygens (including phenoxy) is 1. The van der Waals surface area contributed by atoms with Crippen LogP contribution >= 0.6 is 0 Å². The number of carbonyl (C=O) groups is 1. The first-order valence-corrected chi connectivity index (χ1v) is 7.01. The number of ketones is 1. The molecular formula is C15H24N2O2. The molecule has 1 aliphatic rings. The van der Waals surface area contributed by atoms with Crippen LogP contribution in [0.15, 0.2) is 18.3 Å². The molecule has 0 radical (unpaired) electrons. The van der Waals surface area contributed by atoms with Gasteiger partial charge >= 0.3 is 0 Å². The normalized spacial score (nSPS) is 21.8. The number of hydrogen-bond donors (Lipinski definition) is 1. The topological polar surface area (TPSA) is 51.2 Å². The molecule has 0 atom stereocenters. The van der Waals surface area contributed by atoms with E-state index in [0.29, 0.717) is 18.3 Å². The van der Waals surface area contributed by atoms with Crippen LogP contribution in [0.25, 0.3) is 0 Å². The van der Waals surface area contributed by atoms with Crippen LogP contribution in [0.3, 0.4) is 0 Å². The first kappa shape index (κ1) is 14.0. The molecule has 0 spiro atoms. The smallest absolute Gasteiger partial charge is 0.213 e. The number of aryl methyl sites for hydroxylation is 1. The van der Waals surface area contributed by atoms with Crippen molar-refractivity contribution in [3.05, 3.63) is 23.9 Å². The van der Waals surface area contributed by atoms with E-state index in [0.717, 1.165) is 31.4 Å². The van der Waals surface area contributed by atoms with Crippen LogP contribution in [-0.2, 0) is 11.2 Å². The molecule has 0 aliphatic heterocycles. The molecule has 0 aromatic carbocycles. The number of hydrogen-bond acceptors (Lipinski definition) is 4. The summed E-state index contributed by atoms with van der Waals surface area (Å²) >= 11 is 0. The quantitative estimate of drug-likeness (QED) is 0.821. The molecule has 0 amide bonds. The Morgan fingerprint density at radius 2 is 2.37 bits per heavy atom. The Morgan fingerprint density at radius 1 is 1.58 bits per heavy atom. The van der Waals surface area contributed by atoms with E-state index in [4.69, 9.17) is 4.74 Å². The van der Waals surface area contributed by atoms with Gasteiger partial charge < -0.3 is 14.8 Å². The van der Waals surface area contributed by atoms with Crippen molar-refractivity contribution in [3.8, 4) is 5.88 Å². The molecular weight excluding hydrogens is 240 g/mol. The van der Waals surface area contributed by atoms with E-state index in [2.05, 4.69) is 17.2 Å². The predicted molar refractivity (Wildman–Crippen MR) is 76.5 cm³/mol. The maximum atomic E-state index is 11.0. The zero-order valence-corrected chi connectivity index (χ0v) is 11.7. The number of nitrogens with zero attached hydrogens (tertiary/aromatic N) is 1. The second kappa shape index (κ2) is 6.66. The van der Waals surface area contributed by atoms with Crippen LogP contribution in [-0.4, -0.2) is 29.5 Å². The molecule has 2 rings (SSSR count). The standard InChI is InChI=1S/C15H22N2O2.H2/c1-3-16-13-9-14(10-13)19-15-8-12(6-7-17-15)5-4-11(2)18;/h6-8,13-14,16H,3-5,9-10H2,1-2H3;1H. The minimum atomic E-state index is 0. The summed E-state index contributed by atoms with van der Waals surface area (Å²) in [4.78, 5) is 15.2. The van der Waals surface area contributed by atoms with E-state index in [1.54, 1.807) is 13.1 Å². The fraction of sp³-hybridized carbons (Fsp3) is 0.600. The van der Waals surface area contributed by atoms with Gasteiger partial charge in [0.2, 0.25) is 5.88 Å². The number of aromatic nitrogens is 1. The molecule has 1 fully saturated rings. The minimum Gasteiger partial charge on any atom is -0.474 e. The van der Waals surface area contributed by atoms with Gasteiger partial charge in [-0.15, -0.1) is 0 Å². The Morgan fingerprint density at radius 3 is 3.05 bits per heavy atom. The summed E-state index contributed by atoms with van der Waals surface area (Å²) in [6, 6.07) is 4.48. The minimum absolute atomic E-state index is 0.